The molecule has 1 amide bonds. The summed E-state index contributed by atoms with van der Waals surface area (Å²) in [4.78, 5) is 12.6. The van der Waals surface area contributed by atoms with Gasteiger partial charge in [0.25, 0.3) is 5.91 Å². The van der Waals surface area contributed by atoms with E-state index in [9.17, 15) is 9.90 Å². The zero-order valence-corrected chi connectivity index (χ0v) is 16.5. The summed E-state index contributed by atoms with van der Waals surface area (Å²) in [5, 5.41) is 15.0. The van der Waals surface area contributed by atoms with Gasteiger partial charge in [-0.05, 0) is 78.4 Å². The lowest BCUT2D eigenvalue weighted by Gasteiger charge is -2.14. The fraction of sp³-hybridized carbons (Fsp3) is 0.100. The normalized spacial score (nSPS) is 10.4. The second kappa shape index (κ2) is 8.77. The molecule has 0 aromatic heterocycles. The number of aromatic hydroxyl groups is 1. The molecule has 0 saturated heterocycles. The molecule has 0 atom stereocenters. The maximum Gasteiger partial charge on any atom is 0.273 e. The molecule has 0 aliphatic rings. The maximum atomic E-state index is 12.6. The van der Waals surface area contributed by atoms with Crippen LogP contribution in [0.25, 0.3) is 10.8 Å². The van der Waals surface area contributed by atoms with Crippen molar-refractivity contribution in [3.63, 3.8) is 0 Å². The van der Waals surface area contributed by atoms with Gasteiger partial charge >= 0.3 is 0 Å². The van der Waals surface area contributed by atoms with Crippen LogP contribution in [0.1, 0.15) is 17.3 Å². The monoisotopic (exact) mass is 415 g/mol. The molecule has 0 unspecified atom stereocenters. The van der Waals surface area contributed by atoms with Crippen molar-refractivity contribution in [1.29, 1.82) is 0 Å². The van der Waals surface area contributed by atoms with Gasteiger partial charge in [0.05, 0.1) is 12.2 Å². The number of thiocarbonyl (C=S) groups is 1. The molecule has 0 aliphatic carbocycles. The van der Waals surface area contributed by atoms with Crippen molar-refractivity contribution in [2.24, 2.45) is 0 Å². The smallest absolute Gasteiger partial charge is 0.273 e. The molecule has 4 N–H and O–H groups in total. The van der Waals surface area contributed by atoms with Crippen molar-refractivity contribution in [1.82, 2.24) is 10.9 Å². The molecule has 6 nitrogen and oxygen atoms in total. The van der Waals surface area contributed by atoms with Gasteiger partial charge in [-0.3, -0.25) is 15.6 Å². The molecule has 8 heteroatoms. The minimum Gasteiger partial charge on any atom is -0.508 e. The highest BCUT2D eigenvalue weighted by molar-refractivity contribution is 7.80. The van der Waals surface area contributed by atoms with Crippen LogP contribution in [0.15, 0.2) is 54.6 Å². The Bertz CT molecular complexity index is 1030. The molecule has 0 spiro atoms. The molecule has 28 heavy (non-hydrogen) atoms. The molecule has 0 radical (unpaired) electrons. The minimum absolute atomic E-state index is 0.120. The predicted octanol–water partition coefficient (Wildman–Crippen LogP) is 4.23. The third-order valence-electron chi connectivity index (χ3n) is 3.86. The molecule has 3 aromatic rings. The van der Waals surface area contributed by atoms with E-state index in [1.54, 1.807) is 54.6 Å². The number of carbonyl (C=O) groups excluding carboxylic acids is 1. The Balaban J connectivity index is 1.73. The zero-order valence-electron chi connectivity index (χ0n) is 15.0. The quantitative estimate of drug-likeness (QED) is 0.377. The second-order valence-electron chi connectivity index (χ2n) is 5.85. The van der Waals surface area contributed by atoms with Gasteiger partial charge in [0.1, 0.15) is 11.5 Å². The predicted molar refractivity (Wildman–Crippen MR) is 115 cm³/mol. The molecule has 0 heterocycles. The Morgan fingerprint density at radius 2 is 1.82 bits per heavy atom. The van der Waals surface area contributed by atoms with E-state index >= 15 is 0 Å². The summed E-state index contributed by atoms with van der Waals surface area (Å²) in [6.45, 7) is 2.25. The first-order valence-corrected chi connectivity index (χ1v) is 9.27. The summed E-state index contributed by atoms with van der Waals surface area (Å²) in [6.07, 6.45) is 0. The van der Waals surface area contributed by atoms with Gasteiger partial charge in [0.15, 0.2) is 5.11 Å². The van der Waals surface area contributed by atoms with Crippen molar-refractivity contribution >= 4 is 51.3 Å². The number of anilines is 1. The maximum absolute atomic E-state index is 12.6. The van der Waals surface area contributed by atoms with Crippen molar-refractivity contribution < 1.29 is 14.6 Å². The van der Waals surface area contributed by atoms with Gasteiger partial charge in [-0.15, -0.1) is 0 Å². The number of amides is 1. The number of halogens is 1. The lowest BCUT2D eigenvalue weighted by atomic mass is 10.0. The summed E-state index contributed by atoms with van der Waals surface area (Å²) < 4.78 is 5.60. The van der Waals surface area contributed by atoms with E-state index < -0.39 is 5.91 Å². The van der Waals surface area contributed by atoms with E-state index in [2.05, 4.69) is 16.2 Å². The van der Waals surface area contributed by atoms with Gasteiger partial charge in [-0.1, -0.05) is 17.7 Å². The SMILES string of the molecule is CCOc1cc2ccc(O)cc2cc1C(=O)NNC(=S)Nc1ccc(Cl)cc1. The second-order valence-corrected chi connectivity index (χ2v) is 6.70. The Hall–Kier alpha value is -3.03. The van der Waals surface area contributed by atoms with Crippen LogP contribution in [0.2, 0.25) is 5.02 Å². The average Bonchev–Trinajstić information content (AvgIpc) is 2.68. The van der Waals surface area contributed by atoms with E-state index in [-0.39, 0.29) is 10.9 Å². The Kier molecular flexibility index (Phi) is 6.18. The third kappa shape index (κ3) is 4.82. The number of fused-ring (bicyclic) bond motifs is 1. The number of phenols is 1. The van der Waals surface area contributed by atoms with Crippen LogP contribution in [-0.2, 0) is 0 Å². The Labute approximate surface area is 172 Å². The molecule has 0 bridgehead atoms. The summed E-state index contributed by atoms with van der Waals surface area (Å²) in [5.41, 5.74) is 6.25. The van der Waals surface area contributed by atoms with E-state index in [0.717, 1.165) is 16.5 Å². The number of hydrazine groups is 1. The zero-order chi connectivity index (χ0) is 20.1. The number of benzene rings is 3. The van der Waals surface area contributed by atoms with Gasteiger partial charge in [-0.2, -0.15) is 0 Å². The summed E-state index contributed by atoms with van der Waals surface area (Å²) in [6, 6.07) is 15.3. The van der Waals surface area contributed by atoms with Crippen LogP contribution in [0, 0.1) is 0 Å². The lowest BCUT2D eigenvalue weighted by molar-refractivity contribution is 0.0940. The number of hydrogen-bond acceptors (Lipinski definition) is 4. The molecule has 144 valence electrons. The highest BCUT2D eigenvalue weighted by Crippen LogP contribution is 2.28. The van der Waals surface area contributed by atoms with Gasteiger partial charge in [0, 0.05) is 10.7 Å². The highest BCUT2D eigenvalue weighted by atomic mass is 35.5. The van der Waals surface area contributed by atoms with Gasteiger partial charge in [-0.25, -0.2) is 0 Å². The first kappa shape index (κ1) is 19.7. The number of nitrogens with one attached hydrogen (secondary N) is 3. The fourth-order valence-electron chi connectivity index (χ4n) is 2.59. The molecule has 3 rings (SSSR count). The lowest BCUT2D eigenvalue weighted by Crippen LogP contribution is -2.43. The fourth-order valence-corrected chi connectivity index (χ4v) is 2.89. The van der Waals surface area contributed by atoms with Crippen LogP contribution in [-0.4, -0.2) is 22.7 Å². The van der Waals surface area contributed by atoms with Gasteiger partial charge in [0.2, 0.25) is 0 Å². The number of rotatable bonds is 4. The molecule has 0 saturated carbocycles. The van der Waals surface area contributed by atoms with E-state index in [4.69, 9.17) is 28.6 Å². The summed E-state index contributed by atoms with van der Waals surface area (Å²) in [7, 11) is 0. The van der Waals surface area contributed by atoms with Crippen LogP contribution in [0.5, 0.6) is 11.5 Å². The van der Waals surface area contributed by atoms with Crippen molar-refractivity contribution in [3.8, 4) is 11.5 Å². The molecule has 0 aliphatic heterocycles. The largest absolute Gasteiger partial charge is 0.508 e. The number of hydrogen-bond donors (Lipinski definition) is 4. The van der Waals surface area contributed by atoms with E-state index in [1.807, 2.05) is 6.92 Å². The minimum atomic E-state index is -0.422. The van der Waals surface area contributed by atoms with E-state index in [1.165, 1.54) is 0 Å². The Morgan fingerprint density at radius 3 is 2.54 bits per heavy atom. The van der Waals surface area contributed by atoms with Crippen molar-refractivity contribution in [2.45, 2.75) is 6.92 Å². The van der Waals surface area contributed by atoms with Crippen LogP contribution >= 0.6 is 23.8 Å². The molecular weight excluding hydrogens is 398 g/mol. The average molecular weight is 416 g/mol. The number of ether oxygens (including phenoxy) is 1. The third-order valence-corrected chi connectivity index (χ3v) is 4.31. The van der Waals surface area contributed by atoms with Crippen molar-refractivity contribution in [3.05, 3.63) is 65.2 Å². The van der Waals surface area contributed by atoms with Crippen LogP contribution in [0.4, 0.5) is 5.69 Å². The number of carbonyl (C=O) groups is 1. The summed E-state index contributed by atoms with van der Waals surface area (Å²) in [5.74, 6) is 0.139. The molecule has 3 aromatic carbocycles. The van der Waals surface area contributed by atoms with Crippen LogP contribution in [0.3, 0.4) is 0 Å². The Morgan fingerprint density at radius 1 is 1.07 bits per heavy atom. The topological polar surface area (TPSA) is 82.6 Å². The standard InChI is InChI=1S/C20H18ClN3O3S/c1-2-27-18-11-12-3-8-16(25)9-13(12)10-17(18)19(26)23-24-20(28)22-15-6-4-14(21)5-7-15/h3-11,25H,2H2,1H3,(H,23,26)(H2,22,24,28). The highest BCUT2D eigenvalue weighted by Gasteiger charge is 2.15. The van der Waals surface area contributed by atoms with Crippen LogP contribution < -0.4 is 20.9 Å². The molecule has 0 fully saturated rings. The van der Waals surface area contributed by atoms with E-state index in [0.29, 0.717) is 22.9 Å². The molecular formula is C20H18ClN3O3S. The first-order chi connectivity index (χ1) is 13.5. The van der Waals surface area contributed by atoms with Gasteiger partial charge < -0.3 is 15.2 Å². The van der Waals surface area contributed by atoms with Crippen molar-refractivity contribution in [2.75, 3.05) is 11.9 Å². The summed E-state index contributed by atoms with van der Waals surface area (Å²) >= 11 is 11.0. The number of phenolic OH excluding ortho intramolecular Hbond substituents is 1. The first-order valence-electron chi connectivity index (χ1n) is 8.48.